The standard InChI is InChI=1S/C14H14FNS2/c15-11-3-6-13(18-14-2-1-7-17-14)10(8-11)9-16-12-4-5-12/h1-3,6-8,12,16H,4-5,9H2. The molecule has 1 fully saturated rings. The van der Waals surface area contributed by atoms with Gasteiger partial charge in [0.15, 0.2) is 0 Å². The molecule has 1 nitrogen and oxygen atoms in total. The molecule has 1 saturated carbocycles. The Hall–Kier alpha value is -0.840. The highest BCUT2D eigenvalue weighted by Crippen LogP contribution is 2.34. The molecule has 0 unspecified atom stereocenters. The zero-order valence-corrected chi connectivity index (χ0v) is 11.5. The van der Waals surface area contributed by atoms with Crippen molar-refractivity contribution in [1.82, 2.24) is 5.32 Å². The van der Waals surface area contributed by atoms with Gasteiger partial charge in [0, 0.05) is 17.5 Å². The minimum atomic E-state index is -0.155. The molecular weight excluding hydrogens is 265 g/mol. The van der Waals surface area contributed by atoms with Crippen LogP contribution < -0.4 is 5.32 Å². The largest absolute Gasteiger partial charge is 0.310 e. The smallest absolute Gasteiger partial charge is 0.123 e. The van der Waals surface area contributed by atoms with Gasteiger partial charge in [-0.15, -0.1) is 11.3 Å². The summed E-state index contributed by atoms with van der Waals surface area (Å²) in [5.41, 5.74) is 1.06. The van der Waals surface area contributed by atoms with Gasteiger partial charge in [0.05, 0.1) is 4.21 Å². The van der Waals surface area contributed by atoms with Crippen molar-refractivity contribution in [3.63, 3.8) is 0 Å². The van der Waals surface area contributed by atoms with Crippen LogP contribution in [-0.2, 0) is 6.54 Å². The van der Waals surface area contributed by atoms with Crippen LogP contribution in [0.15, 0.2) is 44.8 Å². The molecule has 0 amide bonds. The first-order valence-electron chi connectivity index (χ1n) is 6.04. The van der Waals surface area contributed by atoms with Crippen LogP contribution in [0.5, 0.6) is 0 Å². The second-order valence-corrected chi connectivity index (χ2v) is 6.73. The van der Waals surface area contributed by atoms with Crippen LogP contribution in [0.1, 0.15) is 18.4 Å². The lowest BCUT2D eigenvalue weighted by molar-refractivity contribution is 0.616. The van der Waals surface area contributed by atoms with Gasteiger partial charge in [-0.3, -0.25) is 0 Å². The Bertz CT molecular complexity index is 521. The third-order valence-corrected chi connectivity index (χ3v) is 5.04. The summed E-state index contributed by atoms with van der Waals surface area (Å²) in [6, 6.07) is 9.84. The van der Waals surface area contributed by atoms with Crippen LogP contribution in [-0.4, -0.2) is 6.04 Å². The van der Waals surface area contributed by atoms with E-state index in [1.54, 1.807) is 29.2 Å². The first kappa shape index (κ1) is 12.2. The van der Waals surface area contributed by atoms with Crippen LogP contribution in [0.2, 0.25) is 0 Å². The van der Waals surface area contributed by atoms with Crippen molar-refractivity contribution < 1.29 is 4.39 Å². The fourth-order valence-electron chi connectivity index (χ4n) is 1.76. The lowest BCUT2D eigenvalue weighted by Crippen LogP contribution is -2.15. The molecule has 2 aromatic rings. The molecule has 0 aliphatic heterocycles. The van der Waals surface area contributed by atoms with Gasteiger partial charge < -0.3 is 5.32 Å². The lowest BCUT2D eigenvalue weighted by atomic mass is 10.2. The molecule has 1 aliphatic carbocycles. The van der Waals surface area contributed by atoms with Gasteiger partial charge in [0.25, 0.3) is 0 Å². The number of nitrogens with one attached hydrogen (secondary N) is 1. The summed E-state index contributed by atoms with van der Waals surface area (Å²) >= 11 is 3.43. The summed E-state index contributed by atoms with van der Waals surface area (Å²) in [5, 5.41) is 5.51. The predicted octanol–water partition coefficient (Wildman–Crippen LogP) is 4.29. The maximum Gasteiger partial charge on any atom is 0.123 e. The van der Waals surface area contributed by atoms with Gasteiger partial charge in [-0.2, -0.15) is 0 Å². The Morgan fingerprint density at radius 3 is 2.94 bits per heavy atom. The summed E-state index contributed by atoms with van der Waals surface area (Å²) in [4.78, 5) is 1.15. The van der Waals surface area contributed by atoms with Crippen molar-refractivity contribution in [2.75, 3.05) is 0 Å². The van der Waals surface area contributed by atoms with Gasteiger partial charge in [0.2, 0.25) is 0 Å². The molecule has 1 N–H and O–H groups in total. The number of hydrogen-bond donors (Lipinski definition) is 1. The molecule has 94 valence electrons. The van der Waals surface area contributed by atoms with E-state index in [4.69, 9.17) is 0 Å². The van der Waals surface area contributed by atoms with Gasteiger partial charge in [-0.1, -0.05) is 17.8 Å². The Morgan fingerprint density at radius 2 is 2.22 bits per heavy atom. The van der Waals surface area contributed by atoms with E-state index in [0.29, 0.717) is 6.04 Å². The van der Waals surface area contributed by atoms with E-state index in [0.717, 1.165) is 17.0 Å². The van der Waals surface area contributed by atoms with Gasteiger partial charge in [-0.05, 0) is 48.1 Å². The zero-order chi connectivity index (χ0) is 12.4. The van der Waals surface area contributed by atoms with Gasteiger partial charge >= 0.3 is 0 Å². The van der Waals surface area contributed by atoms with Crippen LogP contribution in [0, 0.1) is 5.82 Å². The molecule has 0 saturated heterocycles. The van der Waals surface area contributed by atoms with Crippen LogP contribution in [0.4, 0.5) is 4.39 Å². The number of benzene rings is 1. The molecule has 0 radical (unpaired) electrons. The summed E-state index contributed by atoms with van der Waals surface area (Å²) in [6.07, 6.45) is 2.51. The first-order valence-corrected chi connectivity index (χ1v) is 7.74. The van der Waals surface area contributed by atoms with Gasteiger partial charge in [-0.25, -0.2) is 4.39 Å². The number of thiophene rings is 1. The van der Waals surface area contributed by atoms with Gasteiger partial charge in [0.1, 0.15) is 5.82 Å². The van der Waals surface area contributed by atoms with Crippen molar-refractivity contribution in [3.8, 4) is 0 Å². The lowest BCUT2D eigenvalue weighted by Gasteiger charge is -2.09. The van der Waals surface area contributed by atoms with E-state index in [-0.39, 0.29) is 5.82 Å². The normalized spacial score (nSPS) is 14.9. The van der Waals surface area contributed by atoms with E-state index in [1.165, 1.54) is 23.1 Å². The molecule has 4 heteroatoms. The first-order chi connectivity index (χ1) is 8.81. The highest BCUT2D eigenvalue weighted by molar-refractivity contribution is 8.01. The van der Waals surface area contributed by atoms with E-state index >= 15 is 0 Å². The molecule has 18 heavy (non-hydrogen) atoms. The fourth-order valence-corrected chi connectivity index (χ4v) is 3.60. The van der Waals surface area contributed by atoms with Crippen molar-refractivity contribution in [3.05, 3.63) is 47.1 Å². The molecular formula is C14H14FNS2. The van der Waals surface area contributed by atoms with Crippen molar-refractivity contribution >= 4 is 23.1 Å². The Balaban J connectivity index is 1.77. The molecule has 0 atom stereocenters. The van der Waals surface area contributed by atoms with Crippen molar-refractivity contribution in [2.24, 2.45) is 0 Å². The molecule has 0 bridgehead atoms. The summed E-state index contributed by atoms with van der Waals surface area (Å²) in [7, 11) is 0. The minimum absolute atomic E-state index is 0.155. The maximum absolute atomic E-state index is 13.3. The maximum atomic E-state index is 13.3. The molecule has 3 rings (SSSR count). The predicted molar refractivity (Wildman–Crippen MR) is 74.7 cm³/mol. The Morgan fingerprint density at radius 1 is 1.33 bits per heavy atom. The van der Waals surface area contributed by atoms with E-state index < -0.39 is 0 Å². The second kappa shape index (κ2) is 5.43. The van der Waals surface area contributed by atoms with E-state index in [2.05, 4.69) is 16.8 Å². The van der Waals surface area contributed by atoms with Crippen molar-refractivity contribution in [2.45, 2.75) is 34.5 Å². The number of rotatable bonds is 5. The van der Waals surface area contributed by atoms with Crippen molar-refractivity contribution in [1.29, 1.82) is 0 Å². The van der Waals surface area contributed by atoms with Crippen LogP contribution >= 0.6 is 23.1 Å². The summed E-state index contributed by atoms with van der Waals surface area (Å²) < 4.78 is 14.6. The number of hydrogen-bond acceptors (Lipinski definition) is 3. The Labute approximate surface area is 114 Å². The average molecular weight is 279 g/mol. The molecule has 1 aromatic carbocycles. The third kappa shape index (κ3) is 3.13. The van der Waals surface area contributed by atoms with E-state index in [1.807, 2.05) is 12.1 Å². The second-order valence-electron chi connectivity index (χ2n) is 4.44. The topological polar surface area (TPSA) is 12.0 Å². The van der Waals surface area contributed by atoms with E-state index in [9.17, 15) is 4.39 Å². The van der Waals surface area contributed by atoms with Crippen LogP contribution in [0.3, 0.4) is 0 Å². The SMILES string of the molecule is Fc1ccc(Sc2cccs2)c(CNC2CC2)c1. The highest BCUT2D eigenvalue weighted by atomic mass is 32.2. The quantitative estimate of drug-likeness (QED) is 0.876. The minimum Gasteiger partial charge on any atom is -0.310 e. The zero-order valence-electron chi connectivity index (χ0n) is 9.86. The highest BCUT2D eigenvalue weighted by Gasteiger charge is 2.20. The van der Waals surface area contributed by atoms with Crippen LogP contribution in [0.25, 0.3) is 0 Å². The summed E-state index contributed by atoms with van der Waals surface area (Å²) in [6.45, 7) is 0.760. The summed E-state index contributed by atoms with van der Waals surface area (Å²) in [5.74, 6) is -0.155. The fraction of sp³-hybridized carbons (Fsp3) is 0.286. The molecule has 1 heterocycles. The molecule has 1 aliphatic rings. The molecule has 1 aromatic heterocycles. The number of halogens is 1. The Kier molecular flexibility index (Phi) is 3.68. The molecule has 0 spiro atoms. The monoisotopic (exact) mass is 279 g/mol. The average Bonchev–Trinajstić information content (AvgIpc) is 3.06. The third-order valence-electron chi connectivity index (χ3n) is 2.89.